The van der Waals surface area contributed by atoms with Gasteiger partial charge in [-0.3, -0.25) is 0 Å². The predicted octanol–water partition coefficient (Wildman–Crippen LogP) is 5.20. The van der Waals surface area contributed by atoms with Crippen LogP contribution in [0.3, 0.4) is 0 Å². The number of nitrogens with zero attached hydrogens (tertiary/aromatic N) is 2. The van der Waals surface area contributed by atoms with E-state index in [0.717, 1.165) is 15.7 Å². The van der Waals surface area contributed by atoms with Crippen LogP contribution in [0.5, 0.6) is 0 Å². The van der Waals surface area contributed by atoms with E-state index in [-0.39, 0.29) is 0 Å². The molecule has 0 aliphatic rings. The largest absolute Gasteiger partial charge is 0.243 e. The maximum atomic E-state index is 5.73. The quantitative estimate of drug-likeness (QED) is 0.577. The Morgan fingerprint density at radius 2 is 1.68 bits per heavy atom. The van der Waals surface area contributed by atoms with E-state index in [1.165, 1.54) is 0 Å². The Balaban J connectivity index is 0.000000163. The van der Waals surface area contributed by atoms with E-state index < -0.39 is 0 Å². The highest BCUT2D eigenvalue weighted by Crippen LogP contribution is 2.20. The molecule has 1 aromatic carbocycles. The van der Waals surface area contributed by atoms with Gasteiger partial charge in [-0.25, -0.2) is 9.97 Å². The molecular weight excluding hydrogens is 299 g/mol. The molecule has 0 aliphatic carbocycles. The van der Waals surface area contributed by atoms with Crippen molar-refractivity contribution in [2.45, 2.75) is 0 Å². The number of hydrogen-bond donors (Lipinski definition) is 0. The van der Waals surface area contributed by atoms with Gasteiger partial charge in [0.05, 0.1) is 0 Å². The molecule has 2 heterocycles. The van der Waals surface area contributed by atoms with E-state index in [9.17, 15) is 0 Å². The summed E-state index contributed by atoms with van der Waals surface area (Å²) in [6.45, 7) is 0. The van der Waals surface area contributed by atoms with Crippen molar-refractivity contribution in [3.05, 3.63) is 70.3 Å². The number of rotatable bonds is 1. The van der Waals surface area contributed by atoms with Crippen LogP contribution in [0.1, 0.15) is 0 Å². The summed E-state index contributed by atoms with van der Waals surface area (Å²) in [5.41, 5.74) is 0.831. The number of aromatic nitrogens is 2. The third-order valence-corrected chi connectivity index (χ3v) is 3.36. The molecule has 0 bridgehead atoms. The second-order valence-electron chi connectivity index (χ2n) is 3.48. The molecule has 0 saturated heterocycles. The fraction of sp³-hybridized carbons (Fsp3) is 0. The monoisotopic (exact) mass is 308 g/mol. The van der Waals surface area contributed by atoms with Crippen LogP contribution in [0.15, 0.2) is 60.1 Å². The number of thiazole rings is 1. The molecule has 5 heteroatoms. The predicted molar refractivity (Wildman–Crippen MR) is 81.8 cm³/mol. The summed E-state index contributed by atoms with van der Waals surface area (Å²) in [5, 5.41) is 4.11. The third kappa shape index (κ3) is 4.63. The van der Waals surface area contributed by atoms with Gasteiger partial charge in [0, 0.05) is 16.6 Å². The van der Waals surface area contributed by atoms with Gasteiger partial charge in [0.15, 0.2) is 0 Å². The van der Waals surface area contributed by atoms with Crippen molar-refractivity contribution in [3.63, 3.8) is 0 Å². The second-order valence-corrected chi connectivity index (χ2v) is 5.20. The molecule has 0 spiro atoms. The summed E-state index contributed by atoms with van der Waals surface area (Å²) in [5.74, 6) is 0. The lowest BCUT2D eigenvalue weighted by Crippen LogP contribution is -1.80. The zero-order chi connectivity index (χ0) is 13.5. The molecule has 19 heavy (non-hydrogen) atoms. The molecule has 3 rings (SSSR count). The first-order valence-corrected chi connectivity index (χ1v) is 7.12. The molecule has 0 radical (unpaired) electrons. The summed E-state index contributed by atoms with van der Waals surface area (Å²) in [6, 6.07) is 15.0. The van der Waals surface area contributed by atoms with Gasteiger partial charge >= 0.3 is 0 Å². The van der Waals surface area contributed by atoms with Gasteiger partial charge in [-0.05, 0) is 24.3 Å². The SMILES string of the molecule is Clc1cccc(-c2nccs2)n1.Clc1ccccc1. The molecule has 3 aromatic rings. The summed E-state index contributed by atoms with van der Waals surface area (Å²) in [6.07, 6.45) is 1.75. The van der Waals surface area contributed by atoms with Crippen molar-refractivity contribution in [1.82, 2.24) is 9.97 Å². The number of halogens is 2. The molecule has 2 nitrogen and oxygen atoms in total. The summed E-state index contributed by atoms with van der Waals surface area (Å²) in [7, 11) is 0. The summed E-state index contributed by atoms with van der Waals surface area (Å²) in [4.78, 5) is 8.25. The van der Waals surface area contributed by atoms with E-state index in [1.807, 2.05) is 47.8 Å². The smallest absolute Gasteiger partial charge is 0.141 e. The van der Waals surface area contributed by atoms with Crippen LogP contribution in [0, 0.1) is 0 Å². The van der Waals surface area contributed by atoms with Crippen LogP contribution in [-0.2, 0) is 0 Å². The van der Waals surface area contributed by atoms with Crippen LogP contribution < -0.4 is 0 Å². The first-order chi connectivity index (χ1) is 9.25. The molecule has 2 aromatic heterocycles. The van der Waals surface area contributed by atoms with Crippen LogP contribution in [-0.4, -0.2) is 9.97 Å². The Kier molecular flexibility index (Phi) is 5.33. The Bertz CT molecular complexity index is 612. The summed E-state index contributed by atoms with van der Waals surface area (Å²) >= 11 is 12.8. The van der Waals surface area contributed by atoms with E-state index in [1.54, 1.807) is 23.6 Å². The maximum Gasteiger partial charge on any atom is 0.141 e. The molecule has 0 aliphatic heterocycles. The Morgan fingerprint density at radius 3 is 2.21 bits per heavy atom. The first-order valence-electron chi connectivity index (χ1n) is 5.48. The minimum atomic E-state index is 0.503. The molecule has 96 valence electrons. The topological polar surface area (TPSA) is 25.8 Å². The lowest BCUT2D eigenvalue weighted by Gasteiger charge is -1.94. The van der Waals surface area contributed by atoms with E-state index in [2.05, 4.69) is 9.97 Å². The lowest BCUT2D eigenvalue weighted by molar-refractivity contribution is 1.29. The normalized spacial score (nSPS) is 9.58. The highest BCUT2D eigenvalue weighted by molar-refractivity contribution is 7.13. The van der Waals surface area contributed by atoms with Gasteiger partial charge in [0.2, 0.25) is 0 Å². The Morgan fingerprint density at radius 1 is 0.895 bits per heavy atom. The Labute approximate surface area is 125 Å². The van der Waals surface area contributed by atoms with Crippen molar-refractivity contribution >= 4 is 34.5 Å². The Hall–Kier alpha value is -1.42. The van der Waals surface area contributed by atoms with Crippen LogP contribution in [0.4, 0.5) is 0 Å². The molecular formula is C14H10Cl2N2S. The second kappa shape index (κ2) is 7.24. The highest BCUT2D eigenvalue weighted by atomic mass is 35.5. The fourth-order valence-corrected chi connectivity index (χ4v) is 2.21. The number of benzene rings is 1. The van der Waals surface area contributed by atoms with Crippen LogP contribution in [0.2, 0.25) is 10.2 Å². The van der Waals surface area contributed by atoms with E-state index in [4.69, 9.17) is 23.2 Å². The van der Waals surface area contributed by atoms with Crippen LogP contribution in [0.25, 0.3) is 10.7 Å². The first kappa shape index (κ1) is 14.0. The van der Waals surface area contributed by atoms with Gasteiger partial charge < -0.3 is 0 Å². The zero-order valence-corrected chi connectivity index (χ0v) is 12.2. The van der Waals surface area contributed by atoms with Crippen molar-refractivity contribution in [2.24, 2.45) is 0 Å². The van der Waals surface area contributed by atoms with E-state index >= 15 is 0 Å². The maximum absolute atomic E-state index is 5.73. The molecule has 0 amide bonds. The van der Waals surface area contributed by atoms with Crippen molar-refractivity contribution < 1.29 is 0 Å². The van der Waals surface area contributed by atoms with Gasteiger partial charge in [0.1, 0.15) is 15.9 Å². The lowest BCUT2D eigenvalue weighted by atomic mass is 10.4. The molecule has 0 saturated carbocycles. The molecule has 0 fully saturated rings. The van der Waals surface area contributed by atoms with Gasteiger partial charge in [0.25, 0.3) is 0 Å². The van der Waals surface area contributed by atoms with Crippen molar-refractivity contribution in [2.75, 3.05) is 0 Å². The molecule has 0 atom stereocenters. The van der Waals surface area contributed by atoms with Crippen molar-refractivity contribution in [1.29, 1.82) is 0 Å². The number of pyridine rings is 1. The zero-order valence-electron chi connectivity index (χ0n) is 9.83. The average molecular weight is 309 g/mol. The molecule has 0 N–H and O–H groups in total. The third-order valence-electron chi connectivity index (χ3n) is 2.10. The summed E-state index contributed by atoms with van der Waals surface area (Å²) < 4.78 is 0. The standard InChI is InChI=1S/C8H5ClN2S.C6H5Cl/c9-7-3-1-2-6(11-7)8-10-4-5-12-8;7-6-4-2-1-3-5-6/h1-5H;1-5H. The van der Waals surface area contributed by atoms with Gasteiger partial charge in [-0.1, -0.05) is 47.5 Å². The molecule has 0 unspecified atom stereocenters. The van der Waals surface area contributed by atoms with Gasteiger partial charge in [-0.2, -0.15) is 0 Å². The minimum absolute atomic E-state index is 0.503. The number of hydrogen-bond acceptors (Lipinski definition) is 3. The van der Waals surface area contributed by atoms with Crippen LogP contribution >= 0.6 is 34.5 Å². The van der Waals surface area contributed by atoms with E-state index in [0.29, 0.717) is 5.15 Å². The average Bonchev–Trinajstić information content (AvgIpc) is 2.94. The van der Waals surface area contributed by atoms with Gasteiger partial charge in [-0.15, -0.1) is 11.3 Å². The fourth-order valence-electron chi connectivity index (χ4n) is 1.29. The van der Waals surface area contributed by atoms with Crippen molar-refractivity contribution in [3.8, 4) is 10.7 Å². The minimum Gasteiger partial charge on any atom is -0.243 e. The highest BCUT2D eigenvalue weighted by Gasteiger charge is 2.00.